The number of phosphoric acid groups is 2. The van der Waals surface area contributed by atoms with Crippen molar-refractivity contribution in [2.45, 2.75) is 388 Å². The van der Waals surface area contributed by atoms with Crippen LogP contribution < -0.4 is 0 Å². The number of rotatable bonds is 71. The molecule has 0 radical (unpaired) electrons. The van der Waals surface area contributed by atoms with Gasteiger partial charge in [0.1, 0.15) is 19.3 Å². The van der Waals surface area contributed by atoms with Crippen LogP contribution in [0.1, 0.15) is 370 Å². The molecule has 0 aliphatic heterocycles. The molecule has 0 heterocycles. The third-order valence-corrected chi connectivity index (χ3v) is 19.7. The normalized spacial score (nSPS) is 14.8. The summed E-state index contributed by atoms with van der Waals surface area (Å²) in [7, 11) is -9.91. The lowest BCUT2D eigenvalue weighted by Gasteiger charge is -2.21. The Morgan fingerprint density at radius 3 is 0.763 bits per heavy atom. The van der Waals surface area contributed by atoms with Crippen molar-refractivity contribution in [1.82, 2.24) is 0 Å². The van der Waals surface area contributed by atoms with E-state index < -0.39 is 97.5 Å². The molecule has 0 aliphatic rings. The van der Waals surface area contributed by atoms with Crippen LogP contribution in [0, 0.1) is 23.7 Å². The van der Waals surface area contributed by atoms with Crippen molar-refractivity contribution >= 4 is 39.5 Å². The molecule has 0 saturated carbocycles. The average molecular weight is 1370 g/mol. The Bertz CT molecular complexity index is 1840. The summed E-state index contributed by atoms with van der Waals surface area (Å²) in [5.74, 6) is 0.956. The van der Waals surface area contributed by atoms with Crippen molar-refractivity contribution < 1.29 is 80.2 Å². The minimum Gasteiger partial charge on any atom is -0.462 e. The summed E-state index contributed by atoms with van der Waals surface area (Å²) in [5, 5.41) is 10.6. The molecule has 5 unspecified atom stereocenters. The van der Waals surface area contributed by atoms with Crippen molar-refractivity contribution in [3.8, 4) is 0 Å². The van der Waals surface area contributed by atoms with E-state index in [2.05, 4.69) is 55.4 Å². The minimum absolute atomic E-state index is 0.105. The van der Waals surface area contributed by atoms with Gasteiger partial charge in [-0.2, -0.15) is 0 Å². The third kappa shape index (κ3) is 65.8. The molecule has 0 rings (SSSR count). The van der Waals surface area contributed by atoms with Gasteiger partial charge in [-0.3, -0.25) is 37.3 Å². The summed E-state index contributed by atoms with van der Waals surface area (Å²) in [5.41, 5.74) is 0. The molecule has 0 aromatic heterocycles. The van der Waals surface area contributed by atoms with Crippen molar-refractivity contribution in [2.24, 2.45) is 23.7 Å². The zero-order valence-electron chi connectivity index (χ0n) is 60.9. The first-order valence-corrected chi connectivity index (χ1v) is 41.3. The number of ether oxygens (including phenoxy) is 4. The predicted molar refractivity (Wildman–Crippen MR) is 377 cm³/mol. The molecule has 0 fully saturated rings. The van der Waals surface area contributed by atoms with Gasteiger partial charge in [0.25, 0.3) is 0 Å². The van der Waals surface area contributed by atoms with E-state index in [0.717, 1.165) is 114 Å². The van der Waals surface area contributed by atoms with Crippen LogP contribution in [0.5, 0.6) is 0 Å². The highest BCUT2D eigenvalue weighted by atomic mass is 31.2. The first-order valence-electron chi connectivity index (χ1n) is 38.3. The van der Waals surface area contributed by atoms with Gasteiger partial charge in [-0.25, -0.2) is 9.13 Å². The second kappa shape index (κ2) is 63.5. The number of unbranched alkanes of at least 4 members (excludes halogenated alkanes) is 35. The van der Waals surface area contributed by atoms with Crippen LogP contribution in [0.4, 0.5) is 0 Å². The Morgan fingerprint density at radius 1 is 0.301 bits per heavy atom. The molecule has 0 spiro atoms. The molecule has 0 saturated heterocycles. The van der Waals surface area contributed by atoms with Gasteiger partial charge in [0.15, 0.2) is 12.2 Å². The number of hydrogen-bond acceptors (Lipinski definition) is 15. The Morgan fingerprint density at radius 2 is 0.516 bits per heavy atom. The summed E-state index contributed by atoms with van der Waals surface area (Å²) >= 11 is 0. The topological polar surface area (TPSA) is 237 Å². The minimum atomic E-state index is -4.96. The van der Waals surface area contributed by atoms with Crippen LogP contribution in [0.2, 0.25) is 0 Å². The maximum absolute atomic E-state index is 13.0. The van der Waals surface area contributed by atoms with Gasteiger partial charge < -0.3 is 33.8 Å². The fraction of sp³-hybridized carbons (Fsp3) is 0.946. The molecule has 17 nitrogen and oxygen atoms in total. The van der Waals surface area contributed by atoms with Gasteiger partial charge in [-0.05, 0) is 49.4 Å². The zero-order valence-corrected chi connectivity index (χ0v) is 62.7. The molecular weight excluding hydrogens is 1220 g/mol. The maximum atomic E-state index is 13.0. The van der Waals surface area contributed by atoms with Crippen LogP contribution in [-0.4, -0.2) is 96.7 Å². The zero-order chi connectivity index (χ0) is 68.9. The molecule has 3 N–H and O–H groups in total. The lowest BCUT2D eigenvalue weighted by molar-refractivity contribution is -0.161. The quantitative estimate of drug-likeness (QED) is 0.0222. The van der Waals surface area contributed by atoms with E-state index in [1.165, 1.54) is 167 Å². The highest BCUT2D eigenvalue weighted by molar-refractivity contribution is 7.47. The number of aliphatic hydroxyl groups is 1. The molecule has 552 valence electrons. The first kappa shape index (κ1) is 91.1. The molecule has 0 bridgehead atoms. The molecule has 0 amide bonds. The maximum Gasteiger partial charge on any atom is 0.472 e. The van der Waals surface area contributed by atoms with E-state index in [1.807, 2.05) is 0 Å². The van der Waals surface area contributed by atoms with E-state index in [9.17, 15) is 43.2 Å². The van der Waals surface area contributed by atoms with E-state index in [1.54, 1.807) is 0 Å². The van der Waals surface area contributed by atoms with Crippen LogP contribution >= 0.6 is 15.6 Å². The van der Waals surface area contributed by atoms with Crippen molar-refractivity contribution in [3.63, 3.8) is 0 Å². The lowest BCUT2D eigenvalue weighted by atomic mass is 9.99. The van der Waals surface area contributed by atoms with E-state index in [0.29, 0.717) is 31.6 Å². The number of carbonyl (C=O) groups is 4. The highest BCUT2D eigenvalue weighted by Crippen LogP contribution is 2.45. The summed E-state index contributed by atoms with van der Waals surface area (Å²) in [6.07, 6.45) is 47.1. The van der Waals surface area contributed by atoms with E-state index in [4.69, 9.17) is 37.0 Å². The fourth-order valence-electron chi connectivity index (χ4n) is 11.1. The smallest absolute Gasteiger partial charge is 0.462 e. The molecule has 93 heavy (non-hydrogen) atoms. The van der Waals surface area contributed by atoms with Gasteiger partial charge >= 0.3 is 39.5 Å². The number of phosphoric ester groups is 2. The highest BCUT2D eigenvalue weighted by Gasteiger charge is 2.30. The monoisotopic (exact) mass is 1370 g/mol. The van der Waals surface area contributed by atoms with Crippen LogP contribution in [0.25, 0.3) is 0 Å². The van der Waals surface area contributed by atoms with Gasteiger partial charge in [-0.1, -0.05) is 319 Å². The van der Waals surface area contributed by atoms with Gasteiger partial charge in [0.05, 0.1) is 26.4 Å². The summed E-state index contributed by atoms with van der Waals surface area (Å²) in [6, 6.07) is 0. The predicted octanol–water partition coefficient (Wildman–Crippen LogP) is 21.3. The van der Waals surface area contributed by atoms with Crippen LogP contribution in [0.3, 0.4) is 0 Å². The Balaban J connectivity index is 5.25. The number of aliphatic hydroxyl groups excluding tert-OH is 1. The Labute approximate surface area is 568 Å². The Hall–Kier alpha value is -1.94. The van der Waals surface area contributed by atoms with Crippen molar-refractivity contribution in [3.05, 3.63) is 0 Å². The summed E-state index contributed by atoms with van der Waals surface area (Å²) in [4.78, 5) is 72.7. The number of esters is 4. The van der Waals surface area contributed by atoms with E-state index >= 15 is 0 Å². The SMILES string of the molecule is CCC(C)CCCCCCCCCCCCC(=O)O[C@H](COC(=O)CCCCCCCCCCC(C)CC)COP(=O)(O)OCC(O)COP(=O)(O)OC[C@@H](COC(=O)CCCCCCCCCC(C)C)OC(=O)CCCCCCCCCCCCCCCCC(C)C. The second-order valence-electron chi connectivity index (χ2n) is 28.1. The largest absolute Gasteiger partial charge is 0.472 e. The van der Waals surface area contributed by atoms with Gasteiger partial charge in [0, 0.05) is 25.7 Å². The third-order valence-electron chi connectivity index (χ3n) is 17.8. The van der Waals surface area contributed by atoms with Crippen molar-refractivity contribution in [2.75, 3.05) is 39.6 Å². The fourth-order valence-corrected chi connectivity index (χ4v) is 12.7. The van der Waals surface area contributed by atoms with Gasteiger partial charge in [-0.15, -0.1) is 0 Å². The van der Waals surface area contributed by atoms with E-state index in [-0.39, 0.29) is 25.7 Å². The number of carbonyl (C=O) groups excluding carboxylic acids is 4. The standard InChI is InChI=1S/C74H144O17P2/c1-9-66(7)52-44-36-28-20-17-18-22-32-41-49-57-74(79)90-69(60-84-71(76)54-46-38-30-24-23-29-37-45-53-67(8)10-2)62-88-92(80,81)86-58-68(75)59-87-93(82,83)89-63-70(61-85-72(77)55-47-39-33-25-27-35-43-51-65(5)6)91-73(78)56-48-40-31-21-16-14-12-11-13-15-19-26-34-42-50-64(3)4/h64-70,75H,9-63H2,1-8H3,(H,80,81)(H,82,83)/t66?,67?,68?,69-,70-/m1/s1. The number of hydrogen-bond donors (Lipinski definition) is 3. The first-order chi connectivity index (χ1) is 44.7. The lowest BCUT2D eigenvalue weighted by Crippen LogP contribution is -2.30. The summed E-state index contributed by atoms with van der Waals surface area (Å²) < 4.78 is 68.5. The molecule has 0 aliphatic carbocycles. The Kier molecular flexibility index (Phi) is 62.2. The average Bonchev–Trinajstić information content (AvgIpc) is 3.28. The molecule has 0 aromatic rings. The van der Waals surface area contributed by atoms with Crippen molar-refractivity contribution in [1.29, 1.82) is 0 Å². The van der Waals surface area contributed by atoms with Crippen LogP contribution in [0.15, 0.2) is 0 Å². The summed E-state index contributed by atoms with van der Waals surface area (Å²) in [6.45, 7) is 14.2. The van der Waals surface area contributed by atoms with Gasteiger partial charge in [0.2, 0.25) is 0 Å². The molecule has 0 aromatic carbocycles. The second-order valence-corrected chi connectivity index (χ2v) is 31.0. The molecule has 19 heteroatoms. The molecule has 7 atom stereocenters. The molecular formula is C74H144O17P2. The van der Waals surface area contributed by atoms with Crippen LogP contribution in [-0.2, 0) is 65.4 Å².